The minimum absolute atomic E-state index is 0.0549. The zero-order valence-electron chi connectivity index (χ0n) is 18.1. The quantitative estimate of drug-likeness (QED) is 0.712. The second-order valence-electron chi connectivity index (χ2n) is 8.35. The van der Waals surface area contributed by atoms with Crippen LogP contribution in [0, 0.1) is 5.41 Å². The molecule has 1 aromatic heterocycles. The van der Waals surface area contributed by atoms with E-state index in [1.54, 1.807) is 76.4 Å². The van der Waals surface area contributed by atoms with Gasteiger partial charge in [0.2, 0.25) is 0 Å². The number of rotatable bonds is 6. The predicted molar refractivity (Wildman–Crippen MR) is 114 cm³/mol. The summed E-state index contributed by atoms with van der Waals surface area (Å²) in [5.41, 5.74) is 0.909. The van der Waals surface area contributed by atoms with Crippen molar-refractivity contribution in [2.45, 2.75) is 40.3 Å². The average Bonchev–Trinajstić information content (AvgIpc) is 2.98. The van der Waals surface area contributed by atoms with E-state index in [4.69, 9.17) is 4.74 Å². The average molecular weight is 422 g/mol. The number of pyridine rings is 1. The number of nitrogens with zero attached hydrogens (tertiary/aromatic N) is 2. The molecule has 1 unspecified atom stereocenters. The zero-order chi connectivity index (χ0) is 22.8. The molecule has 0 aliphatic carbocycles. The minimum Gasteiger partial charge on any atom is -0.503 e. The SMILES string of the molecule is CCOC(=O)c1ccc(CN2C(=O)C(O)=C(C(=O)C(C)(C)C)C2c2ccccn2)cc1. The Morgan fingerprint density at radius 1 is 1.13 bits per heavy atom. The summed E-state index contributed by atoms with van der Waals surface area (Å²) in [6.45, 7) is 7.38. The van der Waals surface area contributed by atoms with E-state index in [2.05, 4.69) is 4.98 Å². The zero-order valence-corrected chi connectivity index (χ0v) is 18.1. The van der Waals surface area contributed by atoms with Crippen molar-refractivity contribution < 1.29 is 24.2 Å². The molecule has 1 N–H and O–H groups in total. The second-order valence-corrected chi connectivity index (χ2v) is 8.35. The van der Waals surface area contributed by atoms with Crippen molar-refractivity contribution in [2.75, 3.05) is 6.61 Å². The molecule has 7 nitrogen and oxygen atoms in total. The Morgan fingerprint density at radius 3 is 2.35 bits per heavy atom. The van der Waals surface area contributed by atoms with Gasteiger partial charge in [-0.25, -0.2) is 4.79 Å². The van der Waals surface area contributed by atoms with E-state index >= 15 is 0 Å². The number of aliphatic hydroxyl groups is 1. The molecule has 2 heterocycles. The van der Waals surface area contributed by atoms with Crippen LogP contribution in [-0.2, 0) is 20.9 Å². The molecule has 31 heavy (non-hydrogen) atoms. The van der Waals surface area contributed by atoms with Gasteiger partial charge in [-0.15, -0.1) is 0 Å². The summed E-state index contributed by atoms with van der Waals surface area (Å²) in [4.78, 5) is 43.7. The van der Waals surface area contributed by atoms with Gasteiger partial charge in [0.1, 0.15) is 6.04 Å². The van der Waals surface area contributed by atoms with E-state index < -0.39 is 29.1 Å². The summed E-state index contributed by atoms with van der Waals surface area (Å²) >= 11 is 0. The standard InChI is InChI=1S/C24H26N2O5/c1-5-31-23(30)16-11-9-15(10-12-16)14-26-19(17-8-6-7-13-25-17)18(20(27)22(26)29)21(28)24(2,3)4/h6-13,19,27H,5,14H2,1-4H3. The fraction of sp³-hybridized carbons (Fsp3) is 0.333. The van der Waals surface area contributed by atoms with Crippen LogP contribution in [0.25, 0.3) is 0 Å². The highest BCUT2D eigenvalue weighted by atomic mass is 16.5. The second kappa shape index (κ2) is 8.71. The number of esters is 1. The number of hydrogen-bond donors (Lipinski definition) is 1. The van der Waals surface area contributed by atoms with Gasteiger partial charge in [0, 0.05) is 18.2 Å². The summed E-state index contributed by atoms with van der Waals surface area (Å²) in [7, 11) is 0. The molecule has 0 spiro atoms. The van der Waals surface area contributed by atoms with Gasteiger partial charge in [0.05, 0.1) is 23.4 Å². The number of benzene rings is 1. The van der Waals surface area contributed by atoms with Crippen molar-refractivity contribution in [2.24, 2.45) is 5.41 Å². The fourth-order valence-electron chi connectivity index (χ4n) is 3.46. The maximum atomic E-state index is 13.1. The number of ketones is 1. The first-order chi connectivity index (χ1) is 14.6. The third-order valence-corrected chi connectivity index (χ3v) is 5.02. The highest BCUT2D eigenvalue weighted by Gasteiger charge is 2.46. The van der Waals surface area contributed by atoms with Crippen molar-refractivity contribution in [1.29, 1.82) is 0 Å². The van der Waals surface area contributed by atoms with Crippen molar-refractivity contribution in [1.82, 2.24) is 9.88 Å². The lowest BCUT2D eigenvalue weighted by atomic mass is 9.83. The van der Waals surface area contributed by atoms with Crippen molar-refractivity contribution in [3.63, 3.8) is 0 Å². The number of amides is 1. The Kier molecular flexibility index (Phi) is 6.24. The highest BCUT2D eigenvalue weighted by Crippen LogP contribution is 2.40. The fourth-order valence-corrected chi connectivity index (χ4v) is 3.46. The largest absolute Gasteiger partial charge is 0.503 e. The molecule has 1 aliphatic rings. The smallest absolute Gasteiger partial charge is 0.338 e. The van der Waals surface area contributed by atoms with Crippen LogP contribution in [0.1, 0.15) is 55.4 Å². The van der Waals surface area contributed by atoms with E-state index in [1.165, 1.54) is 4.90 Å². The maximum absolute atomic E-state index is 13.1. The van der Waals surface area contributed by atoms with Gasteiger partial charge < -0.3 is 14.7 Å². The van der Waals surface area contributed by atoms with Crippen molar-refractivity contribution in [3.8, 4) is 0 Å². The van der Waals surface area contributed by atoms with Crippen LogP contribution < -0.4 is 0 Å². The number of aliphatic hydroxyl groups excluding tert-OH is 1. The number of carbonyl (C=O) groups is 3. The van der Waals surface area contributed by atoms with Gasteiger partial charge in [0.15, 0.2) is 11.5 Å². The summed E-state index contributed by atoms with van der Waals surface area (Å²) in [6.07, 6.45) is 1.58. The van der Waals surface area contributed by atoms with E-state index in [0.29, 0.717) is 11.3 Å². The van der Waals surface area contributed by atoms with Crippen LogP contribution in [0.2, 0.25) is 0 Å². The third kappa shape index (κ3) is 4.50. The predicted octanol–water partition coefficient (Wildman–Crippen LogP) is 3.77. The van der Waals surface area contributed by atoms with Crippen LogP contribution >= 0.6 is 0 Å². The van der Waals surface area contributed by atoms with Crippen molar-refractivity contribution in [3.05, 3.63) is 76.8 Å². The Labute approximate surface area is 181 Å². The summed E-state index contributed by atoms with van der Waals surface area (Å²) in [5.74, 6) is -1.90. The van der Waals surface area contributed by atoms with Crippen LogP contribution in [0.5, 0.6) is 0 Å². The van der Waals surface area contributed by atoms with Gasteiger partial charge in [-0.3, -0.25) is 14.6 Å². The number of hydrogen-bond acceptors (Lipinski definition) is 6. The minimum atomic E-state index is -0.801. The molecule has 1 amide bonds. The van der Waals surface area contributed by atoms with Gasteiger partial charge in [-0.1, -0.05) is 39.0 Å². The van der Waals surface area contributed by atoms with Crippen LogP contribution in [0.3, 0.4) is 0 Å². The first-order valence-corrected chi connectivity index (χ1v) is 10.1. The molecule has 162 valence electrons. The number of carbonyl (C=O) groups excluding carboxylic acids is 3. The Morgan fingerprint density at radius 2 is 1.81 bits per heavy atom. The first kappa shape index (κ1) is 22.2. The molecule has 3 rings (SSSR count). The Hall–Kier alpha value is -3.48. The Balaban J connectivity index is 1.97. The number of ether oxygens (including phenoxy) is 1. The lowest BCUT2D eigenvalue weighted by Gasteiger charge is -2.28. The number of Topliss-reactive ketones (excluding diaryl/α,β-unsaturated/α-hetero) is 1. The monoisotopic (exact) mass is 422 g/mol. The summed E-state index contributed by atoms with van der Waals surface area (Å²) < 4.78 is 4.99. The normalized spacial score (nSPS) is 16.6. The van der Waals surface area contributed by atoms with E-state index in [-0.39, 0.29) is 24.5 Å². The summed E-state index contributed by atoms with van der Waals surface area (Å²) in [6, 6.07) is 11.1. The topological polar surface area (TPSA) is 96.8 Å². The van der Waals surface area contributed by atoms with Gasteiger partial charge in [-0.05, 0) is 36.8 Å². The van der Waals surface area contributed by atoms with Gasteiger partial charge >= 0.3 is 5.97 Å². The molecule has 0 saturated heterocycles. The molecule has 2 aromatic rings. The molecule has 0 fully saturated rings. The molecule has 0 saturated carbocycles. The first-order valence-electron chi connectivity index (χ1n) is 10.1. The van der Waals surface area contributed by atoms with Crippen LogP contribution in [0.15, 0.2) is 60.0 Å². The van der Waals surface area contributed by atoms with Crippen LogP contribution in [-0.4, -0.2) is 39.3 Å². The summed E-state index contributed by atoms with van der Waals surface area (Å²) in [5, 5.41) is 10.6. The maximum Gasteiger partial charge on any atom is 0.338 e. The van der Waals surface area contributed by atoms with E-state index in [1.807, 2.05) is 0 Å². The molecule has 0 radical (unpaired) electrons. The van der Waals surface area contributed by atoms with E-state index in [9.17, 15) is 19.5 Å². The van der Waals surface area contributed by atoms with Gasteiger partial charge in [-0.2, -0.15) is 0 Å². The number of aromatic nitrogens is 1. The van der Waals surface area contributed by atoms with Crippen LogP contribution in [0.4, 0.5) is 0 Å². The highest BCUT2D eigenvalue weighted by molar-refractivity contribution is 6.10. The molecular weight excluding hydrogens is 396 g/mol. The Bertz CT molecular complexity index is 1020. The van der Waals surface area contributed by atoms with Crippen molar-refractivity contribution >= 4 is 17.7 Å². The molecular formula is C24H26N2O5. The third-order valence-electron chi connectivity index (χ3n) is 5.02. The van der Waals surface area contributed by atoms with E-state index in [0.717, 1.165) is 5.56 Å². The van der Waals surface area contributed by atoms with Gasteiger partial charge in [0.25, 0.3) is 5.91 Å². The molecule has 0 bridgehead atoms. The lowest BCUT2D eigenvalue weighted by Crippen LogP contribution is -2.33. The molecule has 1 aliphatic heterocycles. The lowest BCUT2D eigenvalue weighted by molar-refractivity contribution is -0.130. The molecule has 7 heteroatoms. The molecule has 1 atom stereocenters. The molecule has 1 aromatic carbocycles.